The molecule has 7 heteroatoms. The van der Waals surface area contributed by atoms with Gasteiger partial charge in [-0.3, -0.25) is 4.79 Å². The maximum absolute atomic E-state index is 12.4. The van der Waals surface area contributed by atoms with Crippen LogP contribution in [0, 0.1) is 5.41 Å². The molecule has 1 atom stereocenters. The summed E-state index contributed by atoms with van der Waals surface area (Å²) < 4.78 is 4.90. The average molecular weight is 362 g/mol. The van der Waals surface area contributed by atoms with Crippen molar-refractivity contribution in [1.82, 2.24) is 15.1 Å². The number of amides is 3. The number of carbonyl (C=O) groups is 2. The van der Waals surface area contributed by atoms with Gasteiger partial charge in [0.05, 0.1) is 6.61 Å². The van der Waals surface area contributed by atoms with E-state index in [1.807, 2.05) is 7.05 Å². The van der Waals surface area contributed by atoms with Crippen LogP contribution in [0.2, 0.25) is 0 Å². The Labute approximate surface area is 155 Å². The second-order valence-corrected chi connectivity index (χ2v) is 7.41. The number of hydrogen-bond donors (Lipinski definition) is 2. The van der Waals surface area contributed by atoms with E-state index in [0.717, 1.165) is 19.5 Å². The number of urea groups is 1. The predicted octanol–water partition coefficient (Wildman–Crippen LogP) is 1.87. The molecule has 0 bridgehead atoms. The Kier molecular flexibility index (Phi) is 6.99. The van der Waals surface area contributed by atoms with E-state index in [4.69, 9.17) is 4.74 Å². The zero-order chi connectivity index (χ0) is 19.2. The van der Waals surface area contributed by atoms with Crippen LogP contribution in [0.15, 0.2) is 24.3 Å². The van der Waals surface area contributed by atoms with Crippen LogP contribution in [0.4, 0.5) is 10.5 Å². The van der Waals surface area contributed by atoms with Gasteiger partial charge in [-0.1, -0.05) is 6.92 Å². The summed E-state index contributed by atoms with van der Waals surface area (Å²) in [7, 11) is 5.51. The molecule has 0 aromatic heterocycles. The number of anilines is 1. The largest absolute Gasteiger partial charge is 0.383 e. The van der Waals surface area contributed by atoms with E-state index in [1.165, 1.54) is 0 Å². The summed E-state index contributed by atoms with van der Waals surface area (Å²) in [5.41, 5.74) is 1.35. The number of nitrogens with zero attached hydrogens (tertiary/aromatic N) is 2. The van der Waals surface area contributed by atoms with Gasteiger partial charge < -0.3 is 25.2 Å². The quantitative estimate of drug-likeness (QED) is 0.726. The van der Waals surface area contributed by atoms with Gasteiger partial charge in [-0.25, -0.2) is 4.79 Å². The van der Waals surface area contributed by atoms with Crippen molar-refractivity contribution >= 4 is 17.6 Å². The van der Waals surface area contributed by atoms with Crippen molar-refractivity contribution in [2.24, 2.45) is 5.41 Å². The molecule has 0 saturated carbocycles. The first-order chi connectivity index (χ1) is 12.3. The Bertz CT molecular complexity index is 620. The van der Waals surface area contributed by atoms with Gasteiger partial charge in [-0.15, -0.1) is 0 Å². The summed E-state index contributed by atoms with van der Waals surface area (Å²) in [6.07, 6.45) is 1.09. The lowest BCUT2D eigenvalue weighted by Gasteiger charge is -2.30. The van der Waals surface area contributed by atoms with Crippen LogP contribution >= 0.6 is 0 Å². The summed E-state index contributed by atoms with van der Waals surface area (Å²) >= 11 is 0. The highest BCUT2D eigenvalue weighted by Crippen LogP contribution is 2.29. The standard InChI is InChI=1S/C19H30N4O3/c1-19(9-11-22(2)13-19)14-23(3)18(25)21-16-7-5-15(6-8-16)17(24)20-10-12-26-4/h5-8H,9-14H2,1-4H3,(H,20,24)(H,21,25). The van der Waals surface area contributed by atoms with Gasteiger partial charge in [0.25, 0.3) is 5.91 Å². The summed E-state index contributed by atoms with van der Waals surface area (Å²) in [6, 6.07) is 6.73. The van der Waals surface area contributed by atoms with Gasteiger partial charge in [0.15, 0.2) is 0 Å². The van der Waals surface area contributed by atoms with Crippen molar-refractivity contribution < 1.29 is 14.3 Å². The van der Waals surface area contributed by atoms with Crippen LogP contribution < -0.4 is 10.6 Å². The molecule has 1 heterocycles. The fourth-order valence-electron chi connectivity index (χ4n) is 3.34. The molecule has 1 aromatic rings. The molecular weight excluding hydrogens is 332 g/mol. The SMILES string of the molecule is COCCNC(=O)c1ccc(NC(=O)N(C)CC2(C)CCN(C)C2)cc1. The molecule has 0 aliphatic carbocycles. The van der Waals surface area contributed by atoms with Gasteiger partial charge in [-0.2, -0.15) is 0 Å². The van der Waals surface area contributed by atoms with E-state index in [0.29, 0.717) is 30.9 Å². The fourth-order valence-corrected chi connectivity index (χ4v) is 3.34. The normalized spacial score (nSPS) is 20.0. The number of benzene rings is 1. The van der Waals surface area contributed by atoms with E-state index in [2.05, 4.69) is 29.5 Å². The van der Waals surface area contributed by atoms with Gasteiger partial charge >= 0.3 is 6.03 Å². The molecule has 1 saturated heterocycles. The first-order valence-electron chi connectivity index (χ1n) is 8.91. The highest BCUT2D eigenvalue weighted by Gasteiger charge is 2.34. The number of carbonyl (C=O) groups excluding carboxylic acids is 2. The van der Waals surface area contributed by atoms with Crippen molar-refractivity contribution in [3.05, 3.63) is 29.8 Å². The minimum atomic E-state index is -0.157. The third kappa shape index (κ3) is 5.71. The summed E-state index contributed by atoms with van der Waals surface area (Å²) in [6.45, 7) is 5.94. The van der Waals surface area contributed by atoms with Gasteiger partial charge in [0.2, 0.25) is 0 Å². The first kappa shape index (κ1) is 20.2. The third-order valence-corrected chi connectivity index (χ3v) is 4.70. The molecule has 144 valence electrons. The van der Waals surface area contributed by atoms with E-state index in [-0.39, 0.29) is 17.4 Å². The second kappa shape index (κ2) is 9.00. The molecule has 7 nitrogen and oxygen atoms in total. The minimum Gasteiger partial charge on any atom is -0.383 e. The zero-order valence-electron chi connectivity index (χ0n) is 16.2. The van der Waals surface area contributed by atoms with Crippen molar-refractivity contribution in [3.8, 4) is 0 Å². The van der Waals surface area contributed by atoms with Gasteiger partial charge in [0, 0.05) is 45.0 Å². The Morgan fingerprint density at radius 2 is 2.00 bits per heavy atom. The van der Waals surface area contributed by atoms with Crippen LogP contribution in [0.3, 0.4) is 0 Å². The third-order valence-electron chi connectivity index (χ3n) is 4.70. The number of nitrogens with one attached hydrogen (secondary N) is 2. The zero-order valence-corrected chi connectivity index (χ0v) is 16.2. The topological polar surface area (TPSA) is 73.9 Å². The molecule has 1 aliphatic heterocycles. The summed E-state index contributed by atoms with van der Waals surface area (Å²) in [4.78, 5) is 28.4. The van der Waals surface area contributed by atoms with Gasteiger partial charge in [0.1, 0.15) is 0 Å². The van der Waals surface area contributed by atoms with Crippen molar-refractivity contribution in [2.45, 2.75) is 13.3 Å². The van der Waals surface area contributed by atoms with E-state index in [1.54, 1.807) is 36.3 Å². The first-order valence-corrected chi connectivity index (χ1v) is 8.91. The molecule has 1 unspecified atom stereocenters. The van der Waals surface area contributed by atoms with Crippen LogP contribution in [0.5, 0.6) is 0 Å². The molecule has 26 heavy (non-hydrogen) atoms. The number of ether oxygens (including phenoxy) is 1. The van der Waals surface area contributed by atoms with Crippen LogP contribution in [0.25, 0.3) is 0 Å². The molecule has 1 aliphatic rings. The average Bonchev–Trinajstić information content (AvgIpc) is 2.94. The molecule has 2 N–H and O–H groups in total. The lowest BCUT2D eigenvalue weighted by molar-refractivity contribution is 0.0937. The number of likely N-dealkylation sites (tertiary alicyclic amines) is 1. The molecule has 0 radical (unpaired) electrons. The summed E-state index contributed by atoms with van der Waals surface area (Å²) in [5.74, 6) is -0.157. The molecule has 3 amide bonds. The fraction of sp³-hybridized carbons (Fsp3) is 0.579. The van der Waals surface area contributed by atoms with E-state index >= 15 is 0 Å². The van der Waals surface area contributed by atoms with Crippen molar-refractivity contribution in [3.63, 3.8) is 0 Å². The molecule has 2 rings (SSSR count). The Balaban J connectivity index is 1.85. The highest BCUT2D eigenvalue weighted by molar-refractivity contribution is 5.95. The van der Waals surface area contributed by atoms with E-state index in [9.17, 15) is 9.59 Å². The van der Waals surface area contributed by atoms with Crippen LogP contribution in [0.1, 0.15) is 23.7 Å². The second-order valence-electron chi connectivity index (χ2n) is 7.41. The Morgan fingerprint density at radius 1 is 1.31 bits per heavy atom. The lowest BCUT2D eigenvalue weighted by Crippen LogP contribution is -2.40. The van der Waals surface area contributed by atoms with Crippen molar-refractivity contribution in [1.29, 1.82) is 0 Å². The van der Waals surface area contributed by atoms with E-state index < -0.39 is 0 Å². The number of methoxy groups -OCH3 is 1. The predicted molar refractivity (Wildman–Crippen MR) is 103 cm³/mol. The molecule has 0 spiro atoms. The maximum Gasteiger partial charge on any atom is 0.321 e. The number of hydrogen-bond acceptors (Lipinski definition) is 4. The number of rotatable bonds is 7. The lowest BCUT2D eigenvalue weighted by atomic mass is 9.89. The monoisotopic (exact) mass is 362 g/mol. The van der Waals surface area contributed by atoms with Crippen LogP contribution in [-0.2, 0) is 4.74 Å². The highest BCUT2D eigenvalue weighted by atomic mass is 16.5. The minimum absolute atomic E-state index is 0.130. The molecule has 1 fully saturated rings. The van der Waals surface area contributed by atoms with Crippen molar-refractivity contribution in [2.75, 3.05) is 59.3 Å². The van der Waals surface area contributed by atoms with Gasteiger partial charge in [-0.05, 0) is 49.7 Å². The smallest absolute Gasteiger partial charge is 0.321 e. The maximum atomic E-state index is 12.4. The summed E-state index contributed by atoms with van der Waals surface area (Å²) in [5, 5.41) is 5.65. The Morgan fingerprint density at radius 3 is 2.58 bits per heavy atom. The molecular formula is C19H30N4O3. The molecule has 1 aromatic carbocycles. The van der Waals surface area contributed by atoms with Crippen LogP contribution in [-0.4, -0.2) is 75.7 Å². The Hall–Kier alpha value is -2.12.